The molecule has 0 aliphatic carbocycles. The van der Waals surface area contributed by atoms with E-state index in [0.29, 0.717) is 22.9 Å². The molecule has 1 amide bonds. The van der Waals surface area contributed by atoms with E-state index in [9.17, 15) is 9.90 Å². The molecule has 138 valence electrons. The third-order valence-corrected chi connectivity index (χ3v) is 4.21. The van der Waals surface area contributed by atoms with Crippen LogP contribution in [0, 0.1) is 0 Å². The first-order chi connectivity index (χ1) is 13.7. The summed E-state index contributed by atoms with van der Waals surface area (Å²) in [5.41, 5.74) is 1.54. The van der Waals surface area contributed by atoms with Crippen molar-refractivity contribution in [3.05, 3.63) is 89.7 Å². The zero-order valence-electron chi connectivity index (χ0n) is 14.9. The molecule has 0 atom stereocenters. The SMILES string of the molecule is O=C(O)N1/C=C\C=C/COc2ccc3nccc(c3c2)/N=c2/cccc/c2=C/1. The Hall–Kier alpha value is -3.93. The summed E-state index contributed by atoms with van der Waals surface area (Å²) in [7, 11) is 0. The molecule has 0 spiro atoms. The zero-order chi connectivity index (χ0) is 19.3. The normalized spacial score (nSPS) is 18.4. The third-order valence-electron chi connectivity index (χ3n) is 4.21. The predicted molar refractivity (Wildman–Crippen MR) is 107 cm³/mol. The van der Waals surface area contributed by atoms with E-state index >= 15 is 0 Å². The van der Waals surface area contributed by atoms with Gasteiger partial charge in [-0.3, -0.25) is 9.88 Å². The smallest absolute Gasteiger partial charge is 0.415 e. The van der Waals surface area contributed by atoms with Gasteiger partial charge in [0.25, 0.3) is 0 Å². The molecule has 1 aliphatic heterocycles. The number of aromatic nitrogens is 1. The molecule has 6 nitrogen and oxygen atoms in total. The van der Waals surface area contributed by atoms with Gasteiger partial charge >= 0.3 is 6.09 Å². The molecule has 2 aromatic carbocycles. The van der Waals surface area contributed by atoms with Crippen LogP contribution in [0.1, 0.15) is 0 Å². The van der Waals surface area contributed by atoms with Crippen LogP contribution in [0.15, 0.2) is 84.1 Å². The van der Waals surface area contributed by atoms with Gasteiger partial charge in [-0.1, -0.05) is 24.3 Å². The van der Waals surface area contributed by atoms with Crippen LogP contribution in [0.4, 0.5) is 10.5 Å². The molecule has 1 N–H and O–H groups in total. The molecule has 0 radical (unpaired) electrons. The zero-order valence-corrected chi connectivity index (χ0v) is 14.9. The van der Waals surface area contributed by atoms with Crippen molar-refractivity contribution in [3.63, 3.8) is 0 Å². The number of pyridine rings is 1. The number of rotatable bonds is 0. The molecule has 0 saturated heterocycles. The van der Waals surface area contributed by atoms with E-state index in [2.05, 4.69) is 4.98 Å². The van der Waals surface area contributed by atoms with Crippen LogP contribution in [0.2, 0.25) is 0 Å². The monoisotopic (exact) mass is 371 g/mol. The number of carbonyl (C=O) groups is 1. The van der Waals surface area contributed by atoms with Crippen molar-refractivity contribution in [1.82, 2.24) is 9.88 Å². The van der Waals surface area contributed by atoms with Gasteiger partial charge in [-0.25, -0.2) is 9.79 Å². The molecule has 0 saturated carbocycles. The molecule has 2 bridgehead atoms. The Bertz CT molecular complexity index is 1220. The fourth-order valence-corrected chi connectivity index (χ4v) is 2.86. The first kappa shape index (κ1) is 17.5. The maximum absolute atomic E-state index is 11.6. The van der Waals surface area contributed by atoms with Crippen LogP contribution in [-0.2, 0) is 0 Å². The van der Waals surface area contributed by atoms with Gasteiger partial charge in [-0.05, 0) is 42.5 Å². The number of para-hydroxylation sites is 1. The van der Waals surface area contributed by atoms with Gasteiger partial charge in [0.1, 0.15) is 12.4 Å². The van der Waals surface area contributed by atoms with Crippen LogP contribution in [-0.4, -0.2) is 27.7 Å². The summed E-state index contributed by atoms with van der Waals surface area (Å²) in [6.07, 6.45) is 8.83. The number of ether oxygens (including phenoxy) is 1. The standard InChI is InChI=1S/C22H17N3O3/c26-22(27)25-12-4-1-5-13-28-17-8-9-20-18(14-17)21(10-11-23-20)24-19-7-3-2-6-16(19)15-25/h1-12,14-15H,13H2,(H,26,27)/b5-1-,12-4-,16-15-,24-19-. The van der Waals surface area contributed by atoms with Crippen molar-refractivity contribution in [1.29, 1.82) is 0 Å². The first-order valence-corrected chi connectivity index (χ1v) is 8.72. The van der Waals surface area contributed by atoms with Crippen LogP contribution in [0.5, 0.6) is 5.75 Å². The van der Waals surface area contributed by atoms with Gasteiger partial charge in [0, 0.05) is 29.2 Å². The number of hydrogen-bond donors (Lipinski definition) is 1. The van der Waals surface area contributed by atoms with Crippen LogP contribution in [0.25, 0.3) is 17.1 Å². The molecule has 1 aliphatic rings. The number of allylic oxidation sites excluding steroid dienone is 2. The highest BCUT2D eigenvalue weighted by Crippen LogP contribution is 2.27. The first-order valence-electron chi connectivity index (χ1n) is 8.72. The highest BCUT2D eigenvalue weighted by atomic mass is 16.5. The number of amides is 1. The fourth-order valence-electron chi connectivity index (χ4n) is 2.86. The quantitative estimate of drug-likeness (QED) is 0.657. The Morgan fingerprint density at radius 3 is 2.89 bits per heavy atom. The lowest BCUT2D eigenvalue weighted by Crippen LogP contribution is -2.29. The average molecular weight is 371 g/mol. The number of nitrogens with zero attached hydrogens (tertiary/aromatic N) is 3. The molecule has 6 heteroatoms. The summed E-state index contributed by atoms with van der Waals surface area (Å²) in [6, 6.07) is 14.9. The largest absolute Gasteiger partial charge is 0.490 e. The van der Waals surface area contributed by atoms with Crippen molar-refractivity contribution < 1.29 is 14.6 Å². The Kier molecular flexibility index (Phi) is 4.84. The van der Waals surface area contributed by atoms with E-state index in [-0.39, 0.29) is 0 Å². The van der Waals surface area contributed by atoms with Crippen LogP contribution < -0.4 is 15.3 Å². The highest BCUT2D eigenvalue weighted by molar-refractivity contribution is 5.90. The molecule has 4 rings (SSSR count). The van der Waals surface area contributed by atoms with Gasteiger partial charge in [-0.15, -0.1) is 0 Å². The van der Waals surface area contributed by atoms with Crippen molar-refractivity contribution >= 4 is 28.9 Å². The van der Waals surface area contributed by atoms with Crippen molar-refractivity contribution in [2.24, 2.45) is 4.99 Å². The molecule has 3 aromatic rings. The van der Waals surface area contributed by atoms with Crippen molar-refractivity contribution in [3.8, 4) is 5.75 Å². The van der Waals surface area contributed by atoms with E-state index in [1.807, 2.05) is 54.6 Å². The second kappa shape index (κ2) is 7.75. The lowest BCUT2D eigenvalue weighted by molar-refractivity contribution is 0.179. The highest BCUT2D eigenvalue weighted by Gasteiger charge is 2.06. The minimum atomic E-state index is -1.09. The van der Waals surface area contributed by atoms with E-state index < -0.39 is 6.09 Å². The Labute approximate surface area is 161 Å². The second-order valence-electron chi connectivity index (χ2n) is 6.08. The molecular formula is C22H17N3O3. The van der Waals surface area contributed by atoms with Crippen LogP contribution >= 0.6 is 0 Å². The predicted octanol–water partition coefficient (Wildman–Crippen LogP) is 3.37. The van der Waals surface area contributed by atoms with E-state index in [0.717, 1.165) is 21.5 Å². The summed E-state index contributed by atoms with van der Waals surface area (Å²) >= 11 is 0. The molecule has 0 unspecified atom stereocenters. The fraction of sp³-hybridized carbons (Fsp3) is 0.0455. The van der Waals surface area contributed by atoms with E-state index in [4.69, 9.17) is 9.73 Å². The average Bonchev–Trinajstić information content (AvgIpc) is 2.71. The van der Waals surface area contributed by atoms with E-state index in [1.54, 1.807) is 18.3 Å². The lowest BCUT2D eigenvalue weighted by Gasteiger charge is -2.07. The maximum Gasteiger partial charge on any atom is 0.415 e. The van der Waals surface area contributed by atoms with Crippen molar-refractivity contribution in [2.45, 2.75) is 0 Å². The molecular weight excluding hydrogens is 354 g/mol. The van der Waals surface area contributed by atoms with Gasteiger partial charge in [0.05, 0.1) is 16.6 Å². The van der Waals surface area contributed by atoms with Gasteiger partial charge in [0.2, 0.25) is 0 Å². The Balaban J connectivity index is 2.00. The summed E-state index contributed by atoms with van der Waals surface area (Å²) in [6.45, 7) is 0.361. The van der Waals surface area contributed by atoms with Crippen molar-refractivity contribution in [2.75, 3.05) is 6.61 Å². The molecule has 28 heavy (non-hydrogen) atoms. The maximum atomic E-state index is 11.6. The van der Waals surface area contributed by atoms with E-state index in [1.165, 1.54) is 12.4 Å². The topological polar surface area (TPSA) is 75.0 Å². The summed E-state index contributed by atoms with van der Waals surface area (Å²) in [5.74, 6) is 0.715. The minimum absolute atomic E-state index is 0.361. The summed E-state index contributed by atoms with van der Waals surface area (Å²) < 4.78 is 5.76. The Morgan fingerprint density at radius 1 is 1.11 bits per heavy atom. The number of carboxylic acid groups (broad SMARTS) is 1. The molecule has 2 heterocycles. The second-order valence-corrected chi connectivity index (χ2v) is 6.08. The molecule has 1 aromatic heterocycles. The lowest BCUT2D eigenvalue weighted by atomic mass is 10.2. The van der Waals surface area contributed by atoms with Crippen LogP contribution in [0.3, 0.4) is 0 Å². The minimum Gasteiger partial charge on any atom is -0.490 e. The summed E-state index contributed by atoms with van der Waals surface area (Å²) in [4.78, 5) is 21.9. The van der Waals surface area contributed by atoms with Gasteiger partial charge in [-0.2, -0.15) is 0 Å². The number of fused-ring (bicyclic) bond motifs is 2. The molecule has 0 fully saturated rings. The number of hydrogen-bond acceptors (Lipinski definition) is 4. The van der Waals surface area contributed by atoms with Gasteiger partial charge in [0.15, 0.2) is 0 Å². The number of benzene rings is 2. The van der Waals surface area contributed by atoms with Gasteiger partial charge < -0.3 is 9.84 Å². The third kappa shape index (κ3) is 3.76. The Morgan fingerprint density at radius 2 is 2.00 bits per heavy atom. The summed E-state index contributed by atoms with van der Waals surface area (Å²) in [5, 5.41) is 11.7.